The summed E-state index contributed by atoms with van der Waals surface area (Å²) >= 11 is 0. The van der Waals surface area contributed by atoms with Gasteiger partial charge in [-0.15, -0.1) is 0 Å². The van der Waals surface area contributed by atoms with Crippen LogP contribution in [-0.4, -0.2) is 44.9 Å². The first-order valence-electron chi connectivity index (χ1n) is 6.87. The highest BCUT2D eigenvalue weighted by Gasteiger charge is 2.26. The minimum atomic E-state index is -3.84. The molecule has 0 spiro atoms. The Kier molecular flexibility index (Phi) is 4.36. The van der Waals surface area contributed by atoms with Gasteiger partial charge in [-0.2, -0.15) is 0 Å². The second-order valence-corrected chi connectivity index (χ2v) is 7.04. The van der Waals surface area contributed by atoms with Crippen LogP contribution in [0.4, 0.5) is 0 Å². The van der Waals surface area contributed by atoms with Gasteiger partial charge in [-0.3, -0.25) is 4.79 Å². The second kappa shape index (κ2) is 5.75. The molecule has 2 rings (SSSR count). The van der Waals surface area contributed by atoms with Gasteiger partial charge in [-0.05, 0) is 44.0 Å². The summed E-state index contributed by atoms with van der Waals surface area (Å²) in [6.07, 6.45) is 0. The summed E-state index contributed by atoms with van der Waals surface area (Å²) in [6.45, 7) is 7.52. The molecule has 7 heteroatoms. The molecule has 116 valence electrons. The molecule has 3 N–H and O–H groups in total. The van der Waals surface area contributed by atoms with Gasteiger partial charge < -0.3 is 10.2 Å². The zero-order valence-corrected chi connectivity index (χ0v) is 13.3. The van der Waals surface area contributed by atoms with E-state index in [0.29, 0.717) is 17.7 Å². The minimum absolute atomic E-state index is 0.0219. The summed E-state index contributed by atoms with van der Waals surface area (Å²) in [5, 5.41) is 8.46. The lowest BCUT2D eigenvalue weighted by Gasteiger charge is -2.34. The maximum absolute atomic E-state index is 12.6. The summed E-state index contributed by atoms with van der Waals surface area (Å²) in [7, 11) is -3.84. The SMILES string of the molecule is Cc1cc(C(=O)N2CCNC[C@@H]2C)cc(S(N)(=O)=O)c1C. The second-order valence-electron chi connectivity index (χ2n) is 5.51. The van der Waals surface area contributed by atoms with Crippen molar-refractivity contribution in [3.63, 3.8) is 0 Å². The topological polar surface area (TPSA) is 92.5 Å². The van der Waals surface area contributed by atoms with Gasteiger partial charge >= 0.3 is 0 Å². The lowest BCUT2D eigenvalue weighted by molar-refractivity contribution is 0.0655. The Balaban J connectivity index is 2.45. The molecule has 0 saturated carbocycles. The van der Waals surface area contributed by atoms with E-state index in [1.54, 1.807) is 24.8 Å². The summed E-state index contributed by atoms with van der Waals surface area (Å²) in [6, 6.07) is 3.18. The Bertz CT molecular complexity index is 670. The molecule has 6 nitrogen and oxygen atoms in total. The third-order valence-corrected chi connectivity index (χ3v) is 4.97. The van der Waals surface area contributed by atoms with E-state index in [2.05, 4.69) is 5.32 Å². The Morgan fingerprint density at radius 3 is 2.62 bits per heavy atom. The summed E-state index contributed by atoms with van der Waals surface area (Å²) in [5.41, 5.74) is 1.70. The number of carbonyl (C=O) groups excluding carboxylic acids is 1. The van der Waals surface area contributed by atoms with Gasteiger partial charge in [0.15, 0.2) is 0 Å². The Morgan fingerprint density at radius 2 is 2.05 bits per heavy atom. The number of benzene rings is 1. The normalized spacial score (nSPS) is 19.6. The smallest absolute Gasteiger partial charge is 0.254 e. The number of hydrogen-bond donors (Lipinski definition) is 2. The van der Waals surface area contributed by atoms with E-state index in [1.807, 2.05) is 6.92 Å². The number of rotatable bonds is 2. The molecule has 0 aromatic heterocycles. The van der Waals surface area contributed by atoms with Crippen molar-refractivity contribution in [2.45, 2.75) is 31.7 Å². The van der Waals surface area contributed by atoms with Crippen LogP contribution in [0.3, 0.4) is 0 Å². The van der Waals surface area contributed by atoms with Crippen molar-refractivity contribution in [2.75, 3.05) is 19.6 Å². The third-order valence-electron chi connectivity index (χ3n) is 3.94. The average Bonchev–Trinajstić information content (AvgIpc) is 2.40. The van der Waals surface area contributed by atoms with Crippen LogP contribution >= 0.6 is 0 Å². The van der Waals surface area contributed by atoms with E-state index in [9.17, 15) is 13.2 Å². The molecule has 1 heterocycles. The van der Waals surface area contributed by atoms with Crippen LogP contribution in [0.25, 0.3) is 0 Å². The van der Waals surface area contributed by atoms with Gasteiger partial charge in [0.25, 0.3) is 5.91 Å². The largest absolute Gasteiger partial charge is 0.333 e. The number of primary sulfonamides is 1. The van der Waals surface area contributed by atoms with Gasteiger partial charge in [-0.25, -0.2) is 13.6 Å². The number of hydrogen-bond acceptors (Lipinski definition) is 4. The molecular weight excluding hydrogens is 290 g/mol. The van der Waals surface area contributed by atoms with Crippen LogP contribution in [0, 0.1) is 13.8 Å². The van der Waals surface area contributed by atoms with Crippen LogP contribution in [0.5, 0.6) is 0 Å². The van der Waals surface area contributed by atoms with Crippen molar-refractivity contribution in [2.24, 2.45) is 5.14 Å². The molecule has 1 saturated heterocycles. The van der Waals surface area contributed by atoms with Crippen molar-refractivity contribution >= 4 is 15.9 Å². The van der Waals surface area contributed by atoms with Gasteiger partial charge in [0, 0.05) is 31.2 Å². The zero-order chi connectivity index (χ0) is 15.8. The molecule has 1 amide bonds. The highest BCUT2D eigenvalue weighted by Crippen LogP contribution is 2.22. The molecule has 0 bridgehead atoms. The van der Waals surface area contributed by atoms with Gasteiger partial charge in [0.1, 0.15) is 0 Å². The fraction of sp³-hybridized carbons (Fsp3) is 0.500. The van der Waals surface area contributed by atoms with Crippen molar-refractivity contribution in [1.29, 1.82) is 0 Å². The van der Waals surface area contributed by atoms with Crippen LogP contribution in [0.15, 0.2) is 17.0 Å². The van der Waals surface area contributed by atoms with E-state index >= 15 is 0 Å². The van der Waals surface area contributed by atoms with Gasteiger partial charge in [-0.1, -0.05) is 0 Å². The highest BCUT2D eigenvalue weighted by molar-refractivity contribution is 7.89. The molecule has 0 unspecified atom stereocenters. The van der Waals surface area contributed by atoms with Crippen molar-refractivity contribution < 1.29 is 13.2 Å². The van der Waals surface area contributed by atoms with Gasteiger partial charge in [0.2, 0.25) is 10.0 Å². The predicted molar refractivity (Wildman–Crippen MR) is 80.7 cm³/mol. The molecule has 1 aliphatic rings. The number of piperazine rings is 1. The lowest BCUT2D eigenvalue weighted by Crippen LogP contribution is -2.52. The van der Waals surface area contributed by atoms with Crippen molar-refractivity contribution in [3.8, 4) is 0 Å². The van der Waals surface area contributed by atoms with E-state index in [1.165, 1.54) is 6.07 Å². The molecule has 1 atom stereocenters. The van der Waals surface area contributed by atoms with Crippen molar-refractivity contribution in [1.82, 2.24) is 10.2 Å². The van der Waals surface area contributed by atoms with Crippen LogP contribution in [0.1, 0.15) is 28.4 Å². The van der Waals surface area contributed by atoms with Crippen LogP contribution in [0.2, 0.25) is 0 Å². The summed E-state index contributed by atoms with van der Waals surface area (Å²) in [4.78, 5) is 14.4. The molecule has 0 aliphatic carbocycles. The van der Waals surface area contributed by atoms with Gasteiger partial charge in [0.05, 0.1) is 4.90 Å². The number of aryl methyl sites for hydroxylation is 1. The van der Waals surface area contributed by atoms with Crippen molar-refractivity contribution in [3.05, 3.63) is 28.8 Å². The van der Waals surface area contributed by atoms with E-state index in [-0.39, 0.29) is 16.8 Å². The number of sulfonamides is 1. The fourth-order valence-electron chi connectivity index (χ4n) is 2.55. The molecule has 1 aromatic rings. The number of amides is 1. The first-order valence-corrected chi connectivity index (χ1v) is 8.42. The quantitative estimate of drug-likeness (QED) is 0.826. The number of nitrogens with two attached hydrogens (primary N) is 1. The fourth-order valence-corrected chi connectivity index (χ4v) is 3.43. The first-order chi connectivity index (χ1) is 9.71. The van der Waals surface area contributed by atoms with Crippen LogP contribution in [-0.2, 0) is 10.0 Å². The Labute approximate surface area is 125 Å². The third kappa shape index (κ3) is 3.25. The van der Waals surface area contributed by atoms with E-state index < -0.39 is 10.0 Å². The molecule has 21 heavy (non-hydrogen) atoms. The number of nitrogens with zero attached hydrogens (tertiary/aromatic N) is 1. The molecule has 1 fully saturated rings. The number of carbonyl (C=O) groups is 1. The average molecular weight is 311 g/mol. The summed E-state index contributed by atoms with van der Waals surface area (Å²) in [5.74, 6) is -0.156. The Morgan fingerprint density at radius 1 is 1.38 bits per heavy atom. The lowest BCUT2D eigenvalue weighted by atomic mass is 10.0. The van der Waals surface area contributed by atoms with Crippen LogP contribution < -0.4 is 10.5 Å². The number of nitrogens with one attached hydrogen (secondary N) is 1. The Hall–Kier alpha value is -1.44. The minimum Gasteiger partial charge on any atom is -0.333 e. The predicted octanol–water partition coefficient (Wildman–Crippen LogP) is 0.385. The van der Waals surface area contributed by atoms with E-state index in [0.717, 1.165) is 18.7 Å². The van der Waals surface area contributed by atoms with E-state index in [4.69, 9.17) is 5.14 Å². The molecule has 0 radical (unpaired) electrons. The highest BCUT2D eigenvalue weighted by atomic mass is 32.2. The molecular formula is C14H21N3O3S. The molecule has 1 aliphatic heterocycles. The maximum atomic E-state index is 12.6. The maximum Gasteiger partial charge on any atom is 0.254 e. The standard InChI is InChI=1S/C14H21N3O3S/c1-9-6-12(7-13(11(9)3)21(15,19)20)14(18)17-5-4-16-8-10(17)2/h6-7,10,16H,4-5,8H2,1-3H3,(H2,15,19,20)/t10-/m0/s1. The molecule has 1 aromatic carbocycles. The summed E-state index contributed by atoms with van der Waals surface area (Å²) < 4.78 is 23.3. The monoisotopic (exact) mass is 311 g/mol. The zero-order valence-electron chi connectivity index (χ0n) is 12.5. The first kappa shape index (κ1) is 15.9.